The zero-order chi connectivity index (χ0) is 14.8. The molecule has 0 amide bonds. The van der Waals surface area contributed by atoms with Crippen LogP contribution in [0.2, 0.25) is 0 Å². The predicted octanol–water partition coefficient (Wildman–Crippen LogP) is 3.83. The first-order chi connectivity index (χ1) is 10.2. The number of rotatable bonds is 4. The van der Waals surface area contributed by atoms with Gasteiger partial charge in [-0.3, -0.25) is 0 Å². The molecule has 0 aliphatic rings. The minimum Gasteiger partial charge on any atom is -0.504 e. The van der Waals surface area contributed by atoms with E-state index < -0.39 is 0 Å². The van der Waals surface area contributed by atoms with Gasteiger partial charge in [0.25, 0.3) is 0 Å². The molecule has 2 aromatic carbocycles. The Kier molecular flexibility index (Phi) is 3.52. The van der Waals surface area contributed by atoms with Crippen LogP contribution >= 0.6 is 0 Å². The lowest BCUT2D eigenvalue weighted by Crippen LogP contribution is -1.99. The van der Waals surface area contributed by atoms with Crippen molar-refractivity contribution in [3.63, 3.8) is 0 Å². The maximum Gasteiger partial charge on any atom is 0.160 e. The Morgan fingerprint density at radius 3 is 2.71 bits per heavy atom. The van der Waals surface area contributed by atoms with E-state index in [1.807, 2.05) is 24.3 Å². The zero-order valence-electron chi connectivity index (χ0n) is 12.2. The molecule has 1 heterocycles. The second-order valence-corrected chi connectivity index (χ2v) is 4.96. The molecule has 0 aliphatic carbocycles. The van der Waals surface area contributed by atoms with Crippen molar-refractivity contribution in [1.29, 1.82) is 0 Å². The summed E-state index contributed by atoms with van der Waals surface area (Å²) in [5, 5.41) is 9.99. The minimum atomic E-state index is 0.130. The Labute approximate surface area is 123 Å². The summed E-state index contributed by atoms with van der Waals surface area (Å²) < 4.78 is 7.29. The number of aryl methyl sites for hydroxylation is 1. The molecule has 0 bridgehead atoms. The van der Waals surface area contributed by atoms with Crippen molar-refractivity contribution < 1.29 is 9.84 Å². The number of methoxy groups -OCH3 is 1. The molecular formula is C17H18N2O2. The second kappa shape index (κ2) is 5.48. The van der Waals surface area contributed by atoms with Gasteiger partial charge in [0, 0.05) is 12.1 Å². The fraction of sp³-hybridized carbons (Fsp3) is 0.235. The van der Waals surface area contributed by atoms with Gasteiger partial charge in [-0.2, -0.15) is 0 Å². The van der Waals surface area contributed by atoms with E-state index in [-0.39, 0.29) is 5.75 Å². The number of aromatic nitrogens is 2. The molecule has 0 saturated heterocycles. The number of hydrogen-bond donors (Lipinski definition) is 1. The van der Waals surface area contributed by atoms with Gasteiger partial charge in [-0.05, 0) is 36.8 Å². The first-order valence-corrected chi connectivity index (χ1v) is 7.07. The third-order valence-corrected chi connectivity index (χ3v) is 3.54. The van der Waals surface area contributed by atoms with Gasteiger partial charge in [0.2, 0.25) is 0 Å². The largest absolute Gasteiger partial charge is 0.504 e. The van der Waals surface area contributed by atoms with Gasteiger partial charge in [0.1, 0.15) is 5.82 Å². The number of fused-ring (bicyclic) bond motifs is 1. The zero-order valence-corrected chi connectivity index (χ0v) is 12.2. The molecule has 4 heteroatoms. The van der Waals surface area contributed by atoms with Gasteiger partial charge in [-0.25, -0.2) is 4.98 Å². The number of ether oxygens (including phenoxy) is 1. The molecule has 0 atom stereocenters. The Hall–Kier alpha value is -2.49. The Balaban J connectivity index is 2.19. The molecule has 0 fully saturated rings. The summed E-state index contributed by atoms with van der Waals surface area (Å²) in [4.78, 5) is 4.71. The van der Waals surface area contributed by atoms with E-state index in [2.05, 4.69) is 17.6 Å². The smallest absolute Gasteiger partial charge is 0.160 e. The van der Waals surface area contributed by atoms with Crippen LogP contribution in [0.5, 0.6) is 11.5 Å². The van der Waals surface area contributed by atoms with Crippen LogP contribution in [-0.2, 0) is 6.54 Å². The molecule has 21 heavy (non-hydrogen) atoms. The molecule has 108 valence electrons. The monoisotopic (exact) mass is 282 g/mol. The molecular weight excluding hydrogens is 264 g/mol. The highest BCUT2D eigenvalue weighted by Gasteiger charge is 2.13. The minimum absolute atomic E-state index is 0.130. The van der Waals surface area contributed by atoms with Gasteiger partial charge >= 0.3 is 0 Å². The van der Waals surface area contributed by atoms with Crippen LogP contribution in [0.15, 0.2) is 42.5 Å². The lowest BCUT2D eigenvalue weighted by molar-refractivity contribution is 0.373. The van der Waals surface area contributed by atoms with E-state index >= 15 is 0 Å². The van der Waals surface area contributed by atoms with E-state index in [0.717, 1.165) is 35.4 Å². The highest BCUT2D eigenvalue weighted by atomic mass is 16.5. The maximum absolute atomic E-state index is 9.99. The third kappa shape index (κ3) is 2.33. The van der Waals surface area contributed by atoms with Crippen molar-refractivity contribution in [1.82, 2.24) is 9.55 Å². The number of nitrogens with zero attached hydrogens (tertiary/aromatic N) is 2. The number of aromatic hydroxyl groups is 1. The molecule has 0 unspecified atom stereocenters. The summed E-state index contributed by atoms with van der Waals surface area (Å²) in [7, 11) is 1.54. The fourth-order valence-electron chi connectivity index (χ4n) is 2.57. The van der Waals surface area contributed by atoms with Gasteiger partial charge < -0.3 is 14.4 Å². The molecule has 1 aromatic heterocycles. The van der Waals surface area contributed by atoms with Crippen LogP contribution in [0, 0.1) is 0 Å². The van der Waals surface area contributed by atoms with Crippen LogP contribution in [-0.4, -0.2) is 21.8 Å². The number of imidazole rings is 1. The van der Waals surface area contributed by atoms with Crippen LogP contribution in [0.4, 0.5) is 0 Å². The number of hydrogen-bond acceptors (Lipinski definition) is 3. The molecule has 1 N–H and O–H groups in total. The van der Waals surface area contributed by atoms with Crippen LogP contribution < -0.4 is 4.74 Å². The van der Waals surface area contributed by atoms with Crippen molar-refractivity contribution in [2.75, 3.05) is 7.11 Å². The first kappa shape index (κ1) is 13.5. The molecule has 3 aromatic rings. The van der Waals surface area contributed by atoms with Gasteiger partial charge in [0.15, 0.2) is 11.5 Å². The van der Waals surface area contributed by atoms with E-state index in [1.54, 1.807) is 19.2 Å². The van der Waals surface area contributed by atoms with Crippen molar-refractivity contribution in [3.8, 4) is 22.9 Å². The number of benzene rings is 2. The third-order valence-electron chi connectivity index (χ3n) is 3.54. The van der Waals surface area contributed by atoms with Crippen LogP contribution in [0.1, 0.15) is 13.3 Å². The molecule has 0 saturated carbocycles. The Morgan fingerprint density at radius 2 is 2.00 bits per heavy atom. The van der Waals surface area contributed by atoms with Crippen LogP contribution in [0.3, 0.4) is 0 Å². The van der Waals surface area contributed by atoms with E-state index in [0.29, 0.717) is 5.75 Å². The molecule has 3 rings (SSSR count). The fourth-order valence-corrected chi connectivity index (χ4v) is 2.57. The summed E-state index contributed by atoms with van der Waals surface area (Å²) in [5.41, 5.74) is 2.97. The molecule has 0 aliphatic heterocycles. The summed E-state index contributed by atoms with van der Waals surface area (Å²) in [5.74, 6) is 1.47. The van der Waals surface area contributed by atoms with Crippen molar-refractivity contribution in [3.05, 3.63) is 42.5 Å². The van der Waals surface area contributed by atoms with Crippen molar-refractivity contribution >= 4 is 11.0 Å². The summed E-state index contributed by atoms with van der Waals surface area (Å²) in [6.45, 7) is 3.03. The highest BCUT2D eigenvalue weighted by molar-refractivity contribution is 5.81. The molecule has 0 radical (unpaired) electrons. The first-order valence-electron chi connectivity index (χ1n) is 7.07. The van der Waals surface area contributed by atoms with Crippen molar-refractivity contribution in [2.45, 2.75) is 19.9 Å². The Morgan fingerprint density at radius 1 is 1.19 bits per heavy atom. The van der Waals surface area contributed by atoms with E-state index in [4.69, 9.17) is 9.72 Å². The summed E-state index contributed by atoms with van der Waals surface area (Å²) >= 11 is 0. The van der Waals surface area contributed by atoms with Crippen molar-refractivity contribution in [2.24, 2.45) is 0 Å². The lowest BCUT2D eigenvalue weighted by atomic mass is 10.2. The van der Waals surface area contributed by atoms with E-state index in [1.165, 1.54) is 0 Å². The van der Waals surface area contributed by atoms with Gasteiger partial charge in [0.05, 0.1) is 18.1 Å². The molecule has 4 nitrogen and oxygen atoms in total. The Bertz CT molecular complexity index is 778. The second-order valence-electron chi connectivity index (χ2n) is 4.96. The van der Waals surface area contributed by atoms with Gasteiger partial charge in [-0.1, -0.05) is 19.1 Å². The summed E-state index contributed by atoms with van der Waals surface area (Å²) in [6.07, 6.45) is 1.02. The number of phenols is 1. The molecule has 0 spiro atoms. The highest BCUT2D eigenvalue weighted by Crippen LogP contribution is 2.32. The van der Waals surface area contributed by atoms with Crippen LogP contribution in [0.25, 0.3) is 22.4 Å². The predicted molar refractivity (Wildman–Crippen MR) is 83.7 cm³/mol. The standard InChI is InChI=1S/C17H18N2O2/c1-3-10-19-14-7-5-4-6-13(14)18-17(19)12-8-9-16(21-2)15(20)11-12/h4-9,11,20H,3,10H2,1-2H3. The lowest BCUT2D eigenvalue weighted by Gasteiger charge is -2.09. The number of phenolic OH excluding ortho intramolecular Hbond substituents is 1. The SMILES string of the molecule is CCCn1c(-c2ccc(OC)c(O)c2)nc2ccccc21. The van der Waals surface area contributed by atoms with Gasteiger partial charge in [-0.15, -0.1) is 0 Å². The number of para-hydroxylation sites is 2. The topological polar surface area (TPSA) is 47.3 Å². The summed E-state index contributed by atoms with van der Waals surface area (Å²) in [6, 6.07) is 13.5. The van der Waals surface area contributed by atoms with E-state index in [9.17, 15) is 5.11 Å². The average molecular weight is 282 g/mol. The maximum atomic E-state index is 9.99. The normalized spacial score (nSPS) is 11.0. The average Bonchev–Trinajstić information content (AvgIpc) is 2.87. The quantitative estimate of drug-likeness (QED) is 0.791.